The quantitative estimate of drug-likeness (QED) is 0.937. The molecule has 1 aromatic heterocycles. The van der Waals surface area contributed by atoms with Gasteiger partial charge in [0.15, 0.2) is 11.5 Å². The van der Waals surface area contributed by atoms with Crippen LogP contribution in [0.2, 0.25) is 0 Å². The Balaban J connectivity index is 2.44. The van der Waals surface area contributed by atoms with Gasteiger partial charge in [-0.25, -0.2) is 4.98 Å². The molecule has 0 spiro atoms. The third-order valence-electron chi connectivity index (χ3n) is 2.47. The fraction of sp³-hybridized carbons (Fsp3) is 0.250. The van der Waals surface area contributed by atoms with Crippen LogP contribution in [0, 0.1) is 0 Å². The second-order valence-corrected chi connectivity index (χ2v) is 5.83. The lowest BCUT2D eigenvalue weighted by atomic mass is 10.2. The van der Waals surface area contributed by atoms with Gasteiger partial charge in [0.05, 0.1) is 23.7 Å². The number of nitrogens with two attached hydrogens (primary N) is 1. The smallest absolute Gasteiger partial charge is 0.161 e. The van der Waals surface area contributed by atoms with Crippen LogP contribution < -0.4 is 15.2 Å². The van der Waals surface area contributed by atoms with E-state index in [1.807, 2.05) is 18.2 Å². The molecule has 2 aromatic rings. The zero-order valence-corrected chi connectivity index (χ0v) is 12.5. The Bertz CT molecular complexity index is 557. The summed E-state index contributed by atoms with van der Waals surface area (Å²) in [5.41, 5.74) is 7.46. The van der Waals surface area contributed by atoms with Crippen LogP contribution in [0.5, 0.6) is 11.5 Å². The Labute approximate surface area is 118 Å². The molecule has 0 aliphatic rings. The second-order valence-electron chi connectivity index (χ2n) is 3.51. The van der Waals surface area contributed by atoms with E-state index >= 15 is 0 Å². The monoisotopic (exact) mass is 328 g/mol. The van der Waals surface area contributed by atoms with Gasteiger partial charge in [-0.2, -0.15) is 0 Å². The first-order valence-electron chi connectivity index (χ1n) is 5.27. The van der Waals surface area contributed by atoms with Crippen LogP contribution in [0.3, 0.4) is 0 Å². The Hall–Kier alpha value is -1.11. The van der Waals surface area contributed by atoms with Crippen molar-refractivity contribution in [1.29, 1.82) is 0 Å². The highest BCUT2D eigenvalue weighted by molar-refractivity contribution is 9.11. The lowest BCUT2D eigenvalue weighted by Crippen LogP contribution is -1.97. The number of thiazole rings is 1. The maximum absolute atomic E-state index is 5.61. The molecule has 18 heavy (non-hydrogen) atoms. The van der Waals surface area contributed by atoms with E-state index in [0.717, 1.165) is 20.1 Å². The summed E-state index contributed by atoms with van der Waals surface area (Å²) in [6.07, 6.45) is 0. The molecule has 0 amide bonds. The number of benzene rings is 1. The number of ether oxygens (including phenoxy) is 2. The molecular formula is C12H13BrN2O2S. The van der Waals surface area contributed by atoms with Crippen molar-refractivity contribution < 1.29 is 9.47 Å². The standard InChI is InChI=1S/C12H13BrN2O2S/c1-16-9-4-3-7(5-10(9)17-2)12-15-8(6-14)11(13)18-12/h3-5H,6,14H2,1-2H3. The molecule has 0 unspecified atom stereocenters. The van der Waals surface area contributed by atoms with Gasteiger partial charge >= 0.3 is 0 Å². The van der Waals surface area contributed by atoms with Crippen LogP contribution in [-0.2, 0) is 6.54 Å². The molecule has 0 aliphatic heterocycles. The van der Waals surface area contributed by atoms with E-state index in [1.165, 1.54) is 0 Å². The van der Waals surface area contributed by atoms with Gasteiger partial charge < -0.3 is 15.2 Å². The number of halogens is 1. The normalized spacial score (nSPS) is 10.4. The zero-order valence-electron chi connectivity index (χ0n) is 10.1. The molecule has 0 atom stereocenters. The van der Waals surface area contributed by atoms with Gasteiger partial charge in [-0.15, -0.1) is 11.3 Å². The topological polar surface area (TPSA) is 57.4 Å². The number of nitrogens with zero attached hydrogens (tertiary/aromatic N) is 1. The Kier molecular flexibility index (Phi) is 4.21. The number of rotatable bonds is 4. The van der Waals surface area contributed by atoms with Crippen molar-refractivity contribution in [3.8, 4) is 22.1 Å². The van der Waals surface area contributed by atoms with Crippen molar-refractivity contribution in [3.05, 3.63) is 27.7 Å². The number of hydrogen-bond donors (Lipinski definition) is 1. The number of aromatic nitrogens is 1. The average molecular weight is 329 g/mol. The van der Waals surface area contributed by atoms with E-state index in [4.69, 9.17) is 15.2 Å². The molecule has 0 saturated carbocycles. The van der Waals surface area contributed by atoms with Crippen molar-refractivity contribution in [1.82, 2.24) is 4.98 Å². The highest BCUT2D eigenvalue weighted by Gasteiger charge is 2.12. The first kappa shape index (κ1) is 13.3. The molecule has 0 saturated heterocycles. The highest BCUT2D eigenvalue weighted by Crippen LogP contribution is 2.36. The molecule has 4 nitrogen and oxygen atoms in total. The summed E-state index contributed by atoms with van der Waals surface area (Å²) in [5.74, 6) is 1.39. The molecule has 6 heteroatoms. The molecule has 2 rings (SSSR count). The lowest BCUT2D eigenvalue weighted by molar-refractivity contribution is 0.355. The van der Waals surface area contributed by atoms with Gasteiger partial charge in [-0.3, -0.25) is 0 Å². The summed E-state index contributed by atoms with van der Waals surface area (Å²) in [6, 6.07) is 5.73. The van der Waals surface area contributed by atoms with Crippen molar-refractivity contribution in [2.45, 2.75) is 6.54 Å². The molecule has 0 aliphatic carbocycles. The lowest BCUT2D eigenvalue weighted by Gasteiger charge is -2.08. The molecule has 0 bridgehead atoms. The van der Waals surface area contributed by atoms with Crippen LogP contribution >= 0.6 is 27.3 Å². The summed E-state index contributed by atoms with van der Waals surface area (Å²) in [4.78, 5) is 4.48. The van der Waals surface area contributed by atoms with Crippen molar-refractivity contribution >= 4 is 27.3 Å². The minimum Gasteiger partial charge on any atom is -0.493 e. The van der Waals surface area contributed by atoms with Crippen molar-refractivity contribution in [2.24, 2.45) is 5.73 Å². The van der Waals surface area contributed by atoms with E-state index < -0.39 is 0 Å². The average Bonchev–Trinajstić information content (AvgIpc) is 2.79. The fourth-order valence-corrected chi connectivity index (χ4v) is 3.08. The van der Waals surface area contributed by atoms with Gasteiger partial charge in [0.1, 0.15) is 5.01 Å². The predicted molar refractivity (Wildman–Crippen MR) is 76.2 cm³/mol. The third-order valence-corrected chi connectivity index (χ3v) is 4.35. The van der Waals surface area contributed by atoms with E-state index in [1.54, 1.807) is 25.6 Å². The van der Waals surface area contributed by atoms with Gasteiger partial charge in [-0.05, 0) is 34.1 Å². The Morgan fingerprint density at radius 2 is 2.00 bits per heavy atom. The first-order chi connectivity index (χ1) is 8.69. The summed E-state index contributed by atoms with van der Waals surface area (Å²) < 4.78 is 11.5. The van der Waals surface area contributed by atoms with Crippen LogP contribution in [0.15, 0.2) is 22.0 Å². The van der Waals surface area contributed by atoms with Crippen LogP contribution in [0.1, 0.15) is 5.69 Å². The van der Waals surface area contributed by atoms with Gasteiger partial charge in [0.2, 0.25) is 0 Å². The molecule has 0 radical (unpaired) electrons. The third kappa shape index (κ3) is 2.50. The van der Waals surface area contributed by atoms with Crippen LogP contribution in [0.4, 0.5) is 0 Å². The van der Waals surface area contributed by atoms with E-state index in [9.17, 15) is 0 Å². The SMILES string of the molecule is COc1ccc(-c2nc(CN)c(Br)s2)cc1OC. The maximum atomic E-state index is 5.61. The van der Waals surface area contributed by atoms with Gasteiger partial charge in [-0.1, -0.05) is 0 Å². The summed E-state index contributed by atoms with van der Waals surface area (Å²) in [7, 11) is 3.23. The highest BCUT2D eigenvalue weighted by atomic mass is 79.9. The second kappa shape index (κ2) is 5.69. The van der Waals surface area contributed by atoms with Crippen molar-refractivity contribution in [2.75, 3.05) is 14.2 Å². The number of methoxy groups -OCH3 is 2. The molecule has 2 N–H and O–H groups in total. The molecule has 96 valence electrons. The summed E-state index contributed by atoms with van der Waals surface area (Å²) in [5, 5.41) is 0.906. The van der Waals surface area contributed by atoms with E-state index in [2.05, 4.69) is 20.9 Å². The molecule has 1 heterocycles. The Morgan fingerprint density at radius 1 is 1.28 bits per heavy atom. The summed E-state index contributed by atoms with van der Waals surface area (Å²) >= 11 is 5.01. The maximum Gasteiger partial charge on any atom is 0.161 e. The van der Waals surface area contributed by atoms with Crippen LogP contribution in [0.25, 0.3) is 10.6 Å². The largest absolute Gasteiger partial charge is 0.493 e. The van der Waals surface area contributed by atoms with Crippen LogP contribution in [-0.4, -0.2) is 19.2 Å². The Morgan fingerprint density at radius 3 is 2.56 bits per heavy atom. The van der Waals surface area contributed by atoms with E-state index in [0.29, 0.717) is 18.0 Å². The van der Waals surface area contributed by atoms with Crippen molar-refractivity contribution in [3.63, 3.8) is 0 Å². The molecular weight excluding hydrogens is 316 g/mol. The first-order valence-corrected chi connectivity index (χ1v) is 6.88. The molecule has 1 aromatic carbocycles. The minimum atomic E-state index is 0.421. The van der Waals surface area contributed by atoms with E-state index in [-0.39, 0.29) is 0 Å². The van der Waals surface area contributed by atoms with Gasteiger partial charge in [0.25, 0.3) is 0 Å². The summed E-state index contributed by atoms with van der Waals surface area (Å²) in [6.45, 7) is 0.421. The fourth-order valence-electron chi connectivity index (χ4n) is 1.55. The van der Waals surface area contributed by atoms with Gasteiger partial charge in [0, 0.05) is 12.1 Å². The zero-order chi connectivity index (χ0) is 13.1. The number of hydrogen-bond acceptors (Lipinski definition) is 5. The predicted octanol–water partition coefficient (Wildman–Crippen LogP) is 3.05. The molecule has 0 fully saturated rings. The minimum absolute atomic E-state index is 0.421.